The van der Waals surface area contributed by atoms with Gasteiger partial charge in [-0.25, -0.2) is 4.79 Å². The first-order valence-electron chi connectivity index (χ1n) is 5.43. The first-order chi connectivity index (χ1) is 8.70. The number of pyridine rings is 1. The third kappa shape index (κ3) is 2.65. The molecule has 6 heteroatoms. The fourth-order valence-corrected chi connectivity index (χ4v) is 1.27. The summed E-state index contributed by atoms with van der Waals surface area (Å²) < 4.78 is 15.2. The maximum atomic E-state index is 11.4. The Morgan fingerprint density at radius 1 is 1.50 bits per heavy atom. The quantitative estimate of drug-likeness (QED) is 0.773. The summed E-state index contributed by atoms with van der Waals surface area (Å²) in [4.78, 5) is 19.3. The molecule has 94 valence electrons. The van der Waals surface area contributed by atoms with E-state index in [0.717, 1.165) is 0 Å². The van der Waals surface area contributed by atoms with Crippen LogP contribution < -0.4 is 4.74 Å². The third-order valence-electron chi connectivity index (χ3n) is 2.12. The molecule has 0 amide bonds. The van der Waals surface area contributed by atoms with Crippen molar-refractivity contribution in [2.45, 2.75) is 13.8 Å². The monoisotopic (exact) mass is 248 g/mol. The fraction of sp³-hybridized carbons (Fsp3) is 0.250. The zero-order chi connectivity index (χ0) is 13.0. The number of aryl methyl sites for hydroxylation is 1. The summed E-state index contributed by atoms with van der Waals surface area (Å²) in [6.45, 7) is 3.79. The summed E-state index contributed by atoms with van der Waals surface area (Å²) in [6, 6.07) is 3.47. The molecular formula is C12H12N2O4. The Morgan fingerprint density at radius 2 is 2.33 bits per heavy atom. The molecule has 0 radical (unpaired) electrons. The van der Waals surface area contributed by atoms with Gasteiger partial charge in [-0.3, -0.25) is 4.98 Å². The second-order valence-corrected chi connectivity index (χ2v) is 3.41. The highest BCUT2D eigenvalue weighted by molar-refractivity contribution is 5.86. The molecule has 2 rings (SSSR count). The van der Waals surface area contributed by atoms with E-state index in [1.165, 1.54) is 6.26 Å². The Morgan fingerprint density at radius 3 is 3.06 bits per heavy atom. The summed E-state index contributed by atoms with van der Waals surface area (Å²) in [6.07, 6.45) is 2.83. The lowest BCUT2D eigenvalue weighted by molar-refractivity contribution is 0.0519. The van der Waals surface area contributed by atoms with Gasteiger partial charge in [0, 0.05) is 6.20 Å². The van der Waals surface area contributed by atoms with Crippen molar-refractivity contribution in [3.05, 3.63) is 36.0 Å². The second kappa shape index (κ2) is 5.31. The first kappa shape index (κ1) is 12.1. The number of carbonyl (C=O) groups is 1. The Bertz CT molecular complexity index is 551. The lowest BCUT2D eigenvalue weighted by Gasteiger charge is -2.02. The van der Waals surface area contributed by atoms with Crippen LogP contribution in [0.5, 0.6) is 11.8 Å². The molecule has 0 N–H and O–H groups in total. The number of esters is 1. The molecule has 0 unspecified atom stereocenters. The molecule has 0 spiro atoms. The molecule has 0 saturated carbocycles. The van der Waals surface area contributed by atoms with Gasteiger partial charge in [-0.15, -0.1) is 0 Å². The van der Waals surface area contributed by atoms with E-state index in [1.54, 1.807) is 32.2 Å². The van der Waals surface area contributed by atoms with E-state index >= 15 is 0 Å². The van der Waals surface area contributed by atoms with Crippen molar-refractivity contribution in [2.75, 3.05) is 6.61 Å². The Kier molecular flexibility index (Phi) is 3.57. The van der Waals surface area contributed by atoms with Crippen LogP contribution in [0.15, 0.2) is 29.0 Å². The van der Waals surface area contributed by atoms with Gasteiger partial charge >= 0.3 is 12.0 Å². The number of ether oxygens (including phenoxy) is 2. The summed E-state index contributed by atoms with van der Waals surface area (Å²) in [5.41, 5.74) is 0.779. The molecule has 2 aromatic rings. The van der Waals surface area contributed by atoms with Crippen LogP contribution in [0.3, 0.4) is 0 Å². The summed E-state index contributed by atoms with van der Waals surface area (Å²) in [5, 5.41) is 0. The van der Waals surface area contributed by atoms with E-state index in [4.69, 9.17) is 13.9 Å². The number of rotatable bonds is 4. The first-order valence-corrected chi connectivity index (χ1v) is 5.43. The van der Waals surface area contributed by atoms with Gasteiger partial charge in [0.25, 0.3) is 0 Å². The predicted octanol–water partition coefficient (Wildman–Crippen LogP) is 2.35. The van der Waals surface area contributed by atoms with Crippen LogP contribution in [0.25, 0.3) is 0 Å². The van der Waals surface area contributed by atoms with E-state index < -0.39 is 5.97 Å². The Hall–Kier alpha value is -2.37. The molecule has 0 bridgehead atoms. The Balaban J connectivity index is 2.12. The molecule has 6 nitrogen and oxygen atoms in total. The number of nitrogens with zero attached hydrogens (tertiary/aromatic N) is 2. The Labute approximate surface area is 104 Å². The normalized spacial score (nSPS) is 10.1. The average molecular weight is 248 g/mol. The number of oxazole rings is 1. The predicted molar refractivity (Wildman–Crippen MR) is 61.5 cm³/mol. The van der Waals surface area contributed by atoms with Crippen molar-refractivity contribution in [1.29, 1.82) is 0 Å². The second-order valence-electron chi connectivity index (χ2n) is 3.41. The van der Waals surface area contributed by atoms with Gasteiger partial charge in [-0.1, -0.05) is 0 Å². The number of carbonyl (C=O) groups excluding carboxylic acids is 1. The van der Waals surface area contributed by atoms with Crippen molar-refractivity contribution < 1.29 is 18.7 Å². The molecule has 0 saturated heterocycles. The molecule has 0 aliphatic heterocycles. The van der Waals surface area contributed by atoms with Gasteiger partial charge in [0.05, 0.1) is 12.3 Å². The topological polar surface area (TPSA) is 74.5 Å². The van der Waals surface area contributed by atoms with E-state index in [1.807, 2.05) is 0 Å². The highest BCUT2D eigenvalue weighted by Gasteiger charge is 2.15. The van der Waals surface area contributed by atoms with Crippen LogP contribution in [-0.2, 0) is 4.74 Å². The van der Waals surface area contributed by atoms with E-state index in [0.29, 0.717) is 11.4 Å². The van der Waals surface area contributed by atoms with Crippen LogP contribution in [0.4, 0.5) is 0 Å². The summed E-state index contributed by atoms with van der Waals surface area (Å²) in [7, 11) is 0. The SMILES string of the molecule is CCOC(=O)c1coc(Oc2cccnc2C)n1. The minimum atomic E-state index is -0.543. The van der Waals surface area contributed by atoms with Gasteiger partial charge in [0.2, 0.25) is 0 Å². The standard InChI is InChI=1S/C12H12N2O4/c1-3-16-11(15)9-7-17-12(14-9)18-10-5-4-6-13-8(10)2/h4-7H,3H2,1-2H3. The van der Waals surface area contributed by atoms with Crippen molar-refractivity contribution >= 4 is 5.97 Å². The minimum absolute atomic E-state index is 0.0193. The lowest BCUT2D eigenvalue weighted by Crippen LogP contribution is -2.04. The summed E-state index contributed by atoms with van der Waals surface area (Å²) >= 11 is 0. The van der Waals surface area contributed by atoms with Crippen molar-refractivity contribution in [1.82, 2.24) is 9.97 Å². The average Bonchev–Trinajstić information content (AvgIpc) is 2.81. The molecular weight excluding hydrogens is 236 g/mol. The minimum Gasteiger partial charge on any atom is -0.461 e. The molecule has 2 heterocycles. The summed E-state index contributed by atoms with van der Waals surface area (Å²) in [5.74, 6) is -0.0197. The van der Waals surface area contributed by atoms with Gasteiger partial charge in [0.15, 0.2) is 11.4 Å². The molecule has 0 atom stereocenters. The van der Waals surface area contributed by atoms with Gasteiger partial charge in [-0.05, 0) is 26.0 Å². The van der Waals surface area contributed by atoms with Crippen LogP contribution in [0, 0.1) is 6.92 Å². The van der Waals surface area contributed by atoms with Gasteiger partial charge in [-0.2, -0.15) is 4.98 Å². The fourth-order valence-electron chi connectivity index (χ4n) is 1.27. The van der Waals surface area contributed by atoms with Gasteiger partial charge < -0.3 is 13.9 Å². The van der Waals surface area contributed by atoms with E-state index in [2.05, 4.69) is 9.97 Å². The van der Waals surface area contributed by atoms with Crippen molar-refractivity contribution in [2.24, 2.45) is 0 Å². The molecule has 0 fully saturated rings. The molecule has 18 heavy (non-hydrogen) atoms. The highest BCUT2D eigenvalue weighted by Crippen LogP contribution is 2.22. The van der Waals surface area contributed by atoms with Crippen LogP contribution in [0.1, 0.15) is 23.1 Å². The molecule has 0 aromatic carbocycles. The highest BCUT2D eigenvalue weighted by atomic mass is 16.6. The van der Waals surface area contributed by atoms with Gasteiger partial charge in [0.1, 0.15) is 6.26 Å². The van der Waals surface area contributed by atoms with E-state index in [-0.39, 0.29) is 18.4 Å². The number of hydrogen-bond acceptors (Lipinski definition) is 6. The van der Waals surface area contributed by atoms with Crippen LogP contribution in [-0.4, -0.2) is 22.5 Å². The van der Waals surface area contributed by atoms with Crippen molar-refractivity contribution in [3.8, 4) is 11.8 Å². The smallest absolute Gasteiger partial charge is 0.399 e. The van der Waals surface area contributed by atoms with Crippen LogP contribution in [0.2, 0.25) is 0 Å². The van der Waals surface area contributed by atoms with Crippen molar-refractivity contribution in [3.63, 3.8) is 0 Å². The maximum Gasteiger partial charge on any atom is 0.399 e. The zero-order valence-electron chi connectivity index (χ0n) is 10.0. The largest absolute Gasteiger partial charge is 0.461 e. The molecule has 0 aliphatic rings. The third-order valence-corrected chi connectivity index (χ3v) is 2.12. The zero-order valence-corrected chi connectivity index (χ0v) is 10.0. The number of aromatic nitrogens is 2. The van der Waals surface area contributed by atoms with Crippen LogP contribution >= 0.6 is 0 Å². The number of hydrogen-bond donors (Lipinski definition) is 0. The molecule has 0 aliphatic carbocycles. The lowest BCUT2D eigenvalue weighted by atomic mass is 10.3. The molecule has 2 aromatic heterocycles. The maximum absolute atomic E-state index is 11.4. The van der Waals surface area contributed by atoms with E-state index in [9.17, 15) is 4.79 Å².